The van der Waals surface area contributed by atoms with Crippen LogP contribution in [0.25, 0.3) is 0 Å². The maximum atomic E-state index is 10.9. The highest BCUT2D eigenvalue weighted by molar-refractivity contribution is 5.69. The molecule has 16 heavy (non-hydrogen) atoms. The number of aliphatic carboxylic acids is 1. The van der Waals surface area contributed by atoms with Crippen LogP contribution in [0.3, 0.4) is 0 Å². The summed E-state index contributed by atoms with van der Waals surface area (Å²) in [4.78, 5) is 10.9. The van der Waals surface area contributed by atoms with Crippen LogP contribution in [0.2, 0.25) is 0 Å². The first-order chi connectivity index (χ1) is 7.68. The van der Waals surface area contributed by atoms with Crippen LogP contribution in [0.4, 0.5) is 0 Å². The van der Waals surface area contributed by atoms with Crippen molar-refractivity contribution < 1.29 is 14.6 Å². The summed E-state index contributed by atoms with van der Waals surface area (Å²) in [5.74, 6) is 0.215. The Labute approximate surface area is 95.0 Å². The van der Waals surface area contributed by atoms with Crippen molar-refractivity contribution >= 4 is 5.97 Å². The molecule has 3 heteroatoms. The van der Waals surface area contributed by atoms with E-state index in [2.05, 4.69) is 0 Å². The quantitative estimate of drug-likeness (QED) is 0.851. The SMILES string of the molecule is CC(CC1CCOc2ccccc21)C(=O)O. The molecule has 1 aliphatic heterocycles. The Kier molecular flexibility index (Phi) is 3.13. The van der Waals surface area contributed by atoms with Gasteiger partial charge in [-0.3, -0.25) is 4.79 Å². The number of rotatable bonds is 3. The van der Waals surface area contributed by atoms with Crippen molar-refractivity contribution in [3.63, 3.8) is 0 Å². The zero-order valence-electron chi connectivity index (χ0n) is 9.35. The molecule has 0 spiro atoms. The molecule has 1 aromatic rings. The van der Waals surface area contributed by atoms with Gasteiger partial charge in [0.1, 0.15) is 5.75 Å². The normalized spacial score (nSPS) is 20.7. The highest BCUT2D eigenvalue weighted by Crippen LogP contribution is 2.37. The lowest BCUT2D eigenvalue weighted by molar-refractivity contribution is -0.141. The molecule has 0 saturated heterocycles. The molecule has 0 amide bonds. The average molecular weight is 220 g/mol. The molecule has 2 unspecified atom stereocenters. The average Bonchev–Trinajstić information content (AvgIpc) is 2.29. The number of benzene rings is 1. The second-order valence-electron chi connectivity index (χ2n) is 4.35. The molecule has 0 saturated carbocycles. The van der Waals surface area contributed by atoms with Gasteiger partial charge in [-0.1, -0.05) is 25.1 Å². The van der Waals surface area contributed by atoms with Crippen LogP contribution >= 0.6 is 0 Å². The van der Waals surface area contributed by atoms with Crippen molar-refractivity contribution in [2.45, 2.75) is 25.7 Å². The predicted molar refractivity (Wildman–Crippen MR) is 60.7 cm³/mol. The molecule has 1 N–H and O–H groups in total. The number of fused-ring (bicyclic) bond motifs is 1. The number of hydrogen-bond acceptors (Lipinski definition) is 2. The first-order valence-electron chi connectivity index (χ1n) is 5.63. The summed E-state index contributed by atoms with van der Waals surface area (Å²) in [6, 6.07) is 7.91. The van der Waals surface area contributed by atoms with E-state index in [1.165, 1.54) is 0 Å². The summed E-state index contributed by atoms with van der Waals surface area (Å²) in [7, 11) is 0. The first kappa shape index (κ1) is 11.0. The predicted octanol–water partition coefficient (Wildman–Crippen LogP) is 2.66. The molecule has 0 fully saturated rings. The third-order valence-electron chi connectivity index (χ3n) is 3.14. The van der Waals surface area contributed by atoms with Gasteiger partial charge in [-0.05, 0) is 30.4 Å². The van der Waals surface area contributed by atoms with Crippen LogP contribution in [0, 0.1) is 5.92 Å². The van der Waals surface area contributed by atoms with E-state index in [-0.39, 0.29) is 5.92 Å². The summed E-state index contributed by atoms with van der Waals surface area (Å²) in [5, 5.41) is 8.93. The fourth-order valence-electron chi connectivity index (χ4n) is 2.19. The molecular weight excluding hydrogens is 204 g/mol. The van der Waals surface area contributed by atoms with Gasteiger partial charge in [0.05, 0.1) is 12.5 Å². The van der Waals surface area contributed by atoms with Gasteiger partial charge < -0.3 is 9.84 Å². The summed E-state index contributed by atoms with van der Waals surface area (Å²) >= 11 is 0. The van der Waals surface area contributed by atoms with E-state index in [9.17, 15) is 4.79 Å². The Bertz CT molecular complexity index is 387. The topological polar surface area (TPSA) is 46.5 Å². The van der Waals surface area contributed by atoms with Crippen LogP contribution in [-0.2, 0) is 4.79 Å². The molecular formula is C13H16O3. The molecule has 3 nitrogen and oxygen atoms in total. The Morgan fingerprint density at radius 1 is 1.56 bits per heavy atom. The molecule has 1 aliphatic rings. The van der Waals surface area contributed by atoms with Crippen molar-refractivity contribution in [2.75, 3.05) is 6.61 Å². The Morgan fingerprint density at radius 2 is 2.31 bits per heavy atom. The van der Waals surface area contributed by atoms with E-state index < -0.39 is 5.97 Å². The standard InChI is InChI=1S/C13H16O3/c1-9(13(14)15)8-10-6-7-16-12-5-3-2-4-11(10)12/h2-5,9-10H,6-8H2,1H3,(H,14,15). The highest BCUT2D eigenvalue weighted by Gasteiger charge is 2.25. The second-order valence-corrected chi connectivity index (χ2v) is 4.35. The van der Waals surface area contributed by atoms with Crippen LogP contribution in [0.5, 0.6) is 5.75 Å². The Hall–Kier alpha value is -1.51. The van der Waals surface area contributed by atoms with Gasteiger partial charge in [0, 0.05) is 0 Å². The van der Waals surface area contributed by atoms with E-state index in [1.807, 2.05) is 24.3 Å². The van der Waals surface area contributed by atoms with E-state index >= 15 is 0 Å². The minimum Gasteiger partial charge on any atom is -0.493 e. The number of carbonyl (C=O) groups is 1. The second kappa shape index (κ2) is 4.56. The summed E-state index contributed by atoms with van der Waals surface area (Å²) in [6.45, 7) is 2.45. The number of ether oxygens (including phenoxy) is 1. The highest BCUT2D eigenvalue weighted by atomic mass is 16.5. The summed E-state index contributed by atoms with van der Waals surface area (Å²) in [5.41, 5.74) is 1.15. The lowest BCUT2D eigenvalue weighted by Gasteiger charge is -2.26. The molecule has 0 aliphatic carbocycles. The van der Waals surface area contributed by atoms with Gasteiger partial charge in [-0.2, -0.15) is 0 Å². The van der Waals surface area contributed by atoms with Crippen LogP contribution in [-0.4, -0.2) is 17.7 Å². The number of carboxylic acid groups (broad SMARTS) is 1. The van der Waals surface area contributed by atoms with E-state index in [0.29, 0.717) is 18.9 Å². The van der Waals surface area contributed by atoms with Crippen LogP contribution in [0.15, 0.2) is 24.3 Å². The molecule has 0 aromatic heterocycles. The van der Waals surface area contributed by atoms with Gasteiger partial charge in [0.25, 0.3) is 0 Å². The minimum absolute atomic E-state index is 0.295. The first-order valence-corrected chi connectivity index (χ1v) is 5.63. The molecule has 2 atom stereocenters. The van der Waals surface area contributed by atoms with Crippen molar-refractivity contribution in [1.82, 2.24) is 0 Å². The summed E-state index contributed by atoms with van der Waals surface area (Å²) < 4.78 is 5.55. The molecule has 86 valence electrons. The van der Waals surface area contributed by atoms with Crippen molar-refractivity contribution in [3.05, 3.63) is 29.8 Å². The van der Waals surface area contributed by atoms with Crippen molar-refractivity contribution in [2.24, 2.45) is 5.92 Å². The van der Waals surface area contributed by atoms with Crippen molar-refractivity contribution in [3.8, 4) is 5.75 Å². The number of carboxylic acids is 1. The molecule has 1 heterocycles. The molecule has 2 rings (SSSR count). The van der Waals surface area contributed by atoms with Crippen molar-refractivity contribution in [1.29, 1.82) is 0 Å². The fraction of sp³-hybridized carbons (Fsp3) is 0.462. The molecule has 1 aromatic carbocycles. The Morgan fingerprint density at radius 3 is 3.06 bits per heavy atom. The van der Waals surface area contributed by atoms with Gasteiger partial charge >= 0.3 is 5.97 Å². The Balaban J connectivity index is 2.16. The van der Waals surface area contributed by atoms with E-state index in [0.717, 1.165) is 17.7 Å². The maximum absolute atomic E-state index is 10.9. The van der Waals surface area contributed by atoms with Gasteiger partial charge in [-0.25, -0.2) is 0 Å². The third-order valence-corrected chi connectivity index (χ3v) is 3.14. The minimum atomic E-state index is -0.719. The summed E-state index contributed by atoms with van der Waals surface area (Å²) in [6.07, 6.45) is 1.60. The van der Waals surface area contributed by atoms with Gasteiger partial charge in [-0.15, -0.1) is 0 Å². The van der Waals surface area contributed by atoms with Gasteiger partial charge in [0.15, 0.2) is 0 Å². The number of para-hydroxylation sites is 1. The lowest BCUT2D eigenvalue weighted by atomic mass is 9.85. The fourth-order valence-corrected chi connectivity index (χ4v) is 2.19. The lowest BCUT2D eigenvalue weighted by Crippen LogP contribution is -2.19. The van der Waals surface area contributed by atoms with E-state index in [1.54, 1.807) is 6.92 Å². The van der Waals surface area contributed by atoms with Crippen LogP contribution < -0.4 is 4.74 Å². The number of hydrogen-bond donors (Lipinski definition) is 1. The smallest absolute Gasteiger partial charge is 0.306 e. The maximum Gasteiger partial charge on any atom is 0.306 e. The van der Waals surface area contributed by atoms with Crippen LogP contribution in [0.1, 0.15) is 31.2 Å². The largest absolute Gasteiger partial charge is 0.493 e. The van der Waals surface area contributed by atoms with Gasteiger partial charge in [0.2, 0.25) is 0 Å². The molecule has 0 radical (unpaired) electrons. The van der Waals surface area contributed by atoms with E-state index in [4.69, 9.17) is 9.84 Å². The molecule has 0 bridgehead atoms. The zero-order valence-corrected chi connectivity index (χ0v) is 9.35. The monoisotopic (exact) mass is 220 g/mol. The third kappa shape index (κ3) is 2.18. The zero-order chi connectivity index (χ0) is 11.5.